The van der Waals surface area contributed by atoms with Gasteiger partial charge in [0.2, 0.25) is 0 Å². The van der Waals surface area contributed by atoms with Crippen LogP contribution in [0.1, 0.15) is 64.0 Å². The Morgan fingerprint density at radius 1 is 1.17 bits per heavy atom. The van der Waals surface area contributed by atoms with Gasteiger partial charge in [0.15, 0.2) is 5.78 Å². The van der Waals surface area contributed by atoms with Crippen molar-refractivity contribution >= 4 is 29.9 Å². The van der Waals surface area contributed by atoms with Gasteiger partial charge in [-0.2, -0.15) is 0 Å². The Morgan fingerprint density at radius 3 is 2.57 bits per heavy atom. The number of allylic oxidation sites excluding steroid dienone is 2. The number of hydrogen-bond donors (Lipinski definition) is 0. The molecule has 0 aromatic heterocycles. The van der Waals surface area contributed by atoms with Gasteiger partial charge in [-0.3, -0.25) is 9.79 Å². The fraction of sp³-hybridized carbons (Fsp3) is 0.480. The van der Waals surface area contributed by atoms with E-state index < -0.39 is 5.60 Å². The molecule has 1 aromatic carbocycles. The minimum atomic E-state index is -0.502. The fourth-order valence-electron chi connectivity index (χ4n) is 4.59. The van der Waals surface area contributed by atoms with E-state index in [-0.39, 0.29) is 17.3 Å². The van der Waals surface area contributed by atoms with E-state index >= 15 is 0 Å². The summed E-state index contributed by atoms with van der Waals surface area (Å²) in [4.78, 5) is 31.9. The van der Waals surface area contributed by atoms with Crippen molar-refractivity contribution in [3.63, 3.8) is 0 Å². The van der Waals surface area contributed by atoms with Gasteiger partial charge in [0.25, 0.3) is 0 Å². The van der Waals surface area contributed by atoms with Gasteiger partial charge in [0, 0.05) is 36.7 Å². The van der Waals surface area contributed by atoms with E-state index in [0.717, 1.165) is 41.7 Å². The maximum absolute atomic E-state index is 13.4. The van der Waals surface area contributed by atoms with Gasteiger partial charge in [0.1, 0.15) is 5.60 Å². The van der Waals surface area contributed by atoms with Crippen molar-refractivity contribution in [1.82, 2.24) is 4.90 Å². The average Bonchev–Trinajstić information content (AvgIpc) is 3.33. The molecule has 1 aliphatic carbocycles. The van der Waals surface area contributed by atoms with Gasteiger partial charge in [-0.1, -0.05) is 30.3 Å². The second-order valence-corrected chi connectivity index (χ2v) is 9.47. The van der Waals surface area contributed by atoms with Crippen LogP contribution in [0.4, 0.5) is 4.79 Å². The Balaban J connectivity index is 1.48. The molecule has 0 atom stereocenters. The fourth-order valence-corrected chi connectivity index (χ4v) is 4.59. The van der Waals surface area contributed by atoms with Crippen LogP contribution in [0, 0.1) is 5.41 Å². The van der Waals surface area contributed by atoms with E-state index in [9.17, 15) is 9.59 Å². The van der Waals surface area contributed by atoms with Gasteiger partial charge in [-0.25, -0.2) is 4.79 Å². The number of amides is 1. The van der Waals surface area contributed by atoms with Crippen LogP contribution in [0.25, 0.3) is 11.8 Å². The molecule has 2 aliphatic heterocycles. The highest BCUT2D eigenvalue weighted by atomic mass is 16.6. The molecular weight excluding hydrogens is 376 g/mol. The Labute approximate surface area is 178 Å². The topological polar surface area (TPSA) is 59.0 Å². The lowest BCUT2D eigenvalue weighted by Gasteiger charge is -2.38. The monoisotopic (exact) mass is 406 g/mol. The lowest BCUT2D eigenvalue weighted by Crippen LogP contribution is -2.46. The number of carbonyl (C=O) groups excluding carboxylic acids is 2. The van der Waals surface area contributed by atoms with E-state index in [1.165, 1.54) is 0 Å². The summed E-state index contributed by atoms with van der Waals surface area (Å²) in [5, 5.41) is 0. The maximum Gasteiger partial charge on any atom is 0.410 e. The third kappa shape index (κ3) is 4.11. The number of ether oxygens (including phenoxy) is 1. The van der Waals surface area contributed by atoms with E-state index in [2.05, 4.69) is 29.3 Å². The van der Waals surface area contributed by atoms with Gasteiger partial charge in [0.05, 0.1) is 5.70 Å². The van der Waals surface area contributed by atoms with Crippen LogP contribution < -0.4 is 0 Å². The van der Waals surface area contributed by atoms with Crippen molar-refractivity contribution in [2.24, 2.45) is 10.4 Å². The van der Waals surface area contributed by atoms with Crippen molar-refractivity contribution in [2.75, 3.05) is 13.1 Å². The standard InChI is InChI=1S/C25H30N2O3/c1-24(2,3)30-23(29)27-15-12-25(13-16-27)11-10-19(22(25)28)17-18-7-4-5-8-20(18)21-9-6-14-26-21/h4-5,7-9,14,17H,6,10-13,15-16H2,1-3H3/b19-17+. The number of nitrogens with zero attached hydrogens (tertiary/aromatic N) is 2. The molecule has 1 aromatic rings. The molecule has 0 bridgehead atoms. The minimum Gasteiger partial charge on any atom is -0.444 e. The SMILES string of the molecule is CC(C)(C)OC(=O)N1CCC2(CC/C(=C\c3ccccc3C3=CCC=N3)C2=O)CC1. The van der Waals surface area contributed by atoms with Gasteiger partial charge < -0.3 is 9.64 Å². The van der Waals surface area contributed by atoms with E-state index in [4.69, 9.17) is 4.74 Å². The quantitative estimate of drug-likeness (QED) is 0.629. The molecule has 0 unspecified atom stereocenters. The molecule has 2 fully saturated rings. The average molecular weight is 407 g/mol. The van der Waals surface area contributed by atoms with Crippen LogP contribution in [0.3, 0.4) is 0 Å². The van der Waals surface area contributed by atoms with Crippen molar-refractivity contribution in [1.29, 1.82) is 0 Å². The van der Waals surface area contributed by atoms with Crippen molar-refractivity contribution < 1.29 is 14.3 Å². The minimum absolute atomic E-state index is 0.255. The summed E-state index contributed by atoms with van der Waals surface area (Å²) < 4.78 is 5.49. The van der Waals surface area contributed by atoms with Gasteiger partial charge >= 0.3 is 6.09 Å². The van der Waals surface area contributed by atoms with E-state index in [1.807, 2.05) is 39.1 Å². The van der Waals surface area contributed by atoms with Crippen LogP contribution >= 0.6 is 0 Å². The summed E-state index contributed by atoms with van der Waals surface area (Å²) >= 11 is 0. The second kappa shape index (κ2) is 7.86. The number of rotatable bonds is 2. The number of aliphatic imine (C=N–C) groups is 1. The maximum atomic E-state index is 13.4. The molecule has 1 spiro atoms. The molecule has 1 amide bonds. The first-order chi connectivity index (χ1) is 14.3. The Kier molecular flexibility index (Phi) is 5.39. The van der Waals surface area contributed by atoms with Crippen LogP contribution in [0.5, 0.6) is 0 Å². The number of Topliss-reactive ketones (excluding diaryl/α,β-unsaturated/α-hetero) is 1. The molecule has 3 aliphatic rings. The summed E-state index contributed by atoms with van der Waals surface area (Å²) in [5.41, 5.74) is 3.17. The second-order valence-electron chi connectivity index (χ2n) is 9.47. The molecule has 1 saturated heterocycles. The lowest BCUT2D eigenvalue weighted by atomic mass is 9.76. The first-order valence-corrected chi connectivity index (χ1v) is 10.8. The van der Waals surface area contributed by atoms with Crippen molar-refractivity contribution in [3.8, 4) is 0 Å². The summed E-state index contributed by atoms with van der Waals surface area (Å²) in [7, 11) is 0. The predicted octanol–water partition coefficient (Wildman–Crippen LogP) is 5.27. The number of benzene rings is 1. The predicted molar refractivity (Wildman–Crippen MR) is 119 cm³/mol. The number of hydrogen-bond acceptors (Lipinski definition) is 4. The normalized spacial score (nSPS) is 22.1. The van der Waals surface area contributed by atoms with Gasteiger partial charge in [-0.05, 0) is 63.7 Å². The number of piperidine rings is 1. The molecule has 5 nitrogen and oxygen atoms in total. The number of likely N-dealkylation sites (tertiary alicyclic amines) is 1. The summed E-state index contributed by atoms with van der Waals surface area (Å²) in [6, 6.07) is 8.13. The number of carbonyl (C=O) groups is 2. The molecule has 30 heavy (non-hydrogen) atoms. The smallest absolute Gasteiger partial charge is 0.410 e. The Morgan fingerprint density at radius 2 is 1.90 bits per heavy atom. The zero-order valence-electron chi connectivity index (χ0n) is 18.1. The highest BCUT2D eigenvalue weighted by molar-refractivity contribution is 6.06. The van der Waals surface area contributed by atoms with Crippen molar-refractivity contribution in [2.45, 2.75) is 58.5 Å². The molecule has 4 rings (SSSR count). The zero-order valence-corrected chi connectivity index (χ0v) is 18.1. The summed E-state index contributed by atoms with van der Waals surface area (Å²) in [5.74, 6) is 0.255. The van der Waals surface area contributed by atoms with E-state index in [1.54, 1.807) is 4.90 Å². The summed E-state index contributed by atoms with van der Waals surface area (Å²) in [6.07, 6.45) is 9.73. The Bertz CT molecular complexity index is 941. The molecule has 0 N–H and O–H groups in total. The Hall–Kier alpha value is -2.69. The third-order valence-corrected chi connectivity index (χ3v) is 6.23. The van der Waals surface area contributed by atoms with Crippen LogP contribution in [-0.4, -0.2) is 41.7 Å². The zero-order chi connectivity index (χ0) is 21.4. The largest absolute Gasteiger partial charge is 0.444 e. The van der Waals surface area contributed by atoms with E-state index in [0.29, 0.717) is 25.9 Å². The molecule has 5 heteroatoms. The molecule has 0 radical (unpaired) electrons. The molecule has 2 heterocycles. The highest BCUT2D eigenvalue weighted by Crippen LogP contribution is 2.46. The third-order valence-electron chi connectivity index (χ3n) is 6.23. The van der Waals surface area contributed by atoms with Crippen LogP contribution in [0.15, 0.2) is 40.9 Å². The number of ketones is 1. The highest BCUT2D eigenvalue weighted by Gasteiger charge is 2.47. The van der Waals surface area contributed by atoms with Crippen LogP contribution in [-0.2, 0) is 9.53 Å². The first kappa shape index (κ1) is 20.6. The first-order valence-electron chi connectivity index (χ1n) is 10.8. The summed E-state index contributed by atoms with van der Waals surface area (Å²) in [6.45, 7) is 6.77. The molecule has 158 valence electrons. The van der Waals surface area contributed by atoms with Crippen LogP contribution in [0.2, 0.25) is 0 Å². The van der Waals surface area contributed by atoms with Gasteiger partial charge in [-0.15, -0.1) is 0 Å². The molecule has 1 saturated carbocycles. The molecular formula is C25H30N2O3. The van der Waals surface area contributed by atoms with Crippen molar-refractivity contribution in [3.05, 3.63) is 47.0 Å². The lowest BCUT2D eigenvalue weighted by molar-refractivity contribution is -0.125.